The molecule has 0 bridgehead atoms. The molecule has 0 atom stereocenters. The van der Waals surface area contributed by atoms with Crippen molar-refractivity contribution in [2.24, 2.45) is 0 Å². The first-order chi connectivity index (χ1) is 9.07. The molecule has 0 saturated heterocycles. The molecular formula is C16H28FN3. The lowest BCUT2D eigenvalue weighted by Crippen LogP contribution is -2.42. The van der Waals surface area contributed by atoms with Crippen LogP contribution >= 0.6 is 0 Å². The number of hydrogen-bond donors (Lipinski definition) is 1. The van der Waals surface area contributed by atoms with Crippen molar-refractivity contribution in [1.82, 2.24) is 10.3 Å². The normalized spacial score (nSPS) is 12.6. The van der Waals surface area contributed by atoms with E-state index < -0.39 is 0 Å². The first-order valence-corrected chi connectivity index (χ1v) is 7.20. The van der Waals surface area contributed by atoms with Crippen LogP contribution in [0.2, 0.25) is 0 Å². The van der Waals surface area contributed by atoms with Crippen LogP contribution in [-0.4, -0.2) is 23.1 Å². The van der Waals surface area contributed by atoms with Crippen molar-refractivity contribution in [2.45, 2.75) is 65.6 Å². The van der Waals surface area contributed by atoms with Gasteiger partial charge in [0.05, 0.1) is 6.20 Å². The molecule has 1 rings (SSSR count). The molecule has 0 amide bonds. The van der Waals surface area contributed by atoms with Gasteiger partial charge in [-0.05, 0) is 47.1 Å². The van der Waals surface area contributed by atoms with Gasteiger partial charge in [0, 0.05) is 30.2 Å². The van der Waals surface area contributed by atoms with Gasteiger partial charge in [0.15, 0.2) is 0 Å². The number of rotatable bonds is 5. The predicted molar refractivity (Wildman–Crippen MR) is 83.6 cm³/mol. The van der Waals surface area contributed by atoms with Gasteiger partial charge in [-0.3, -0.25) is 0 Å². The zero-order valence-corrected chi connectivity index (χ0v) is 13.8. The first kappa shape index (κ1) is 16.9. The van der Waals surface area contributed by atoms with Gasteiger partial charge in [-0.2, -0.15) is 0 Å². The third-order valence-electron chi connectivity index (χ3n) is 3.81. The summed E-state index contributed by atoms with van der Waals surface area (Å²) in [5.41, 5.74) is 0.868. The van der Waals surface area contributed by atoms with E-state index in [2.05, 4.69) is 56.7 Å². The number of halogens is 1. The minimum atomic E-state index is -0.290. The quantitative estimate of drug-likeness (QED) is 0.891. The van der Waals surface area contributed by atoms with E-state index in [9.17, 15) is 4.39 Å². The van der Waals surface area contributed by atoms with E-state index in [-0.39, 0.29) is 16.9 Å². The molecule has 4 heteroatoms. The van der Waals surface area contributed by atoms with Crippen LogP contribution in [0.25, 0.3) is 0 Å². The fourth-order valence-electron chi connectivity index (χ4n) is 1.79. The lowest BCUT2D eigenvalue weighted by atomic mass is 9.99. The Hall–Kier alpha value is -1.16. The van der Waals surface area contributed by atoms with Crippen molar-refractivity contribution >= 4 is 5.82 Å². The van der Waals surface area contributed by atoms with Crippen molar-refractivity contribution in [3.8, 4) is 0 Å². The van der Waals surface area contributed by atoms with Crippen LogP contribution in [0.1, 0.15) is 53.5 Å². The van der Waals surface area contributed by atoms with Crippen LogP contribution in [0.4, 0.5) is 10.2 Å². The highest BCUT2D eigenvalue weighted by molar-refractivity contribution is 5.48. The summed E-state index contributed by atoms with van der Waals surface area (Å²) in [7, 11) is 2.02. The molecule has 1 N–H and O–H groups in total. The van der Waals surface area contributed by atoms with Gasteiger partial charge in [0.25, 0.3) is 0 Å². The van der Waals surface area contributed by atoms with Crippen molar-refractivity contribution in [3.63, 3.8) is 0 Å². The Morgan fingerprint density at radius 3 is 2.35 bits per heavy atom. The van der Waals surface area contributed by atoms with Crippen LogP contribution in [-0.2, 0) is 6.54 Å². The van der Waals surface area contributed by atoms with Gasteiger partial charge in [0.2, 0.25) is 0 Å². The first-order valence-electron chi connectivity index (χ1n) is 7.20. The van der Waals surface area contributed by atoms with E-state index in [1.165, 1.54) is 6.20 Å². The monoisotopic (exact) mass is 281 g/mol. The van der Waals surface area contributed by atoms with Gasteiger partial charge >= 0.3 is 0 Å². The smallest absolute Gasteiger partial charge is 0.141 e. The molecule has 114 valence electrons. The Morgan fingerprint density at radius 2 is 1.85 bits per heavy atom. The summed E-state index contributed by atoms with van der Waals surface area (Å²) in [4.78, 5) is 6.44. The maximum absolute atomic E-state index is 13.5. The molecular weight excluding hydrogens is 253 g/mol. The molecule has 0 saturated carbocycles. The molecule has 0 aromatic carbocycles. The Kier molecular flexibility index (Phi) is 5.14. The van der Waals surface area contributed by atoms with Gasteiger partial charge < -0.3 is 10.2 Å². The van der Waals surface area contributed by atoms with Gasteiger partial charge in [-0.15, -0.1) is 0 Å². The summed E-state index contributed by atoms with van der Waals surface area (Å²) in [6.45, 7) is 13.4. The van der Waals surface area contributed by atoms with Crippen molar-refractivity contribution in [3.05, 3.63) is 23.6 Å². The Bertz CT molecular complexity index is 450. The zero-order chi connectivity index (χ0) is 15.6. The van der Waals surface area contributed by atoms with E-state index in [1.807, 2.05) is 7.05 Å². The summed E-state index contributed by atoms with van der Waals surface area (Å²) in [6, 6.07) is 1.57. The zero-order valence-electron chi connectivity index (χ0n) is 13.8. The van der Waals surface area contributed by atoms with E-state index in [0.717, 1.165) is 17.8 Å². The highest BCUT2D eigenvalue weighted by atomic mass is 19.1. The summed E-state index contributed by atoms with van der Waals surface area (Å²) >= 11 is 0. The largest absolute Gasteiger partial charge is 0.354 e. The molecule has 1 aromatic heterocycles. The summed E-state index contributed by atoms with van der Waals surface area (Å²) in [5, 5.41) is 3.40. The Morgan fingerprint density at radius 1 is 1.25 bits per heavy atom. The third kappa shape index (κ3) is 4.44. The molecule has 0 radical (unpaired) electrons. The topological polar surface area (TPSA) is 28.2 Å². The van der Waals surface area contributed by atoms with Crippen molar-refractivity contribution < 1.29 is 4.39 Å². The van der Waals surface area contributed by atoms with Crippen molar-refractivity contribution in [1.29, 1.82) is 0 Å². The molecule has 1 heterocycles. The molecule has 0 fully saturated rings. The number of nitrogens with one attached hydrogen (secondary N) is 1. The van der Waals surface area contributed by atoms with E-state index in [4.69, 9.17) is 0 Å². The van der Waals surface area contributed by atoms with Gasteiger partial charge in [-0.25, -0.2) is 9.37 Å². The lowest BCUT2D eigenvalue weighted by molar-refractivity contribution is 0.420. The van der Waals surface area contributed by atoms with Crippen LogP contribution in [0.3, 0.4) is 0 Å². The Balaban J connectivity index is 3.07. The number of nitrogens with zero attached hydrogens (tertiary/aromatic N) is 2. The van der Waals surface area contributed by atoms with E-state index >= 15 is 0 Å². The van der Waals surface area contributed by atoms with Crippen LogP contribution < -0.4 is 10.2 Å². The number of pyridine rings is 1. The van der Waals surface area contributed by atoms with Crippen LogP contribution in [0, 0.1) is 5.82 Å². The summed E-state index contributed by atoms with van der Waals surface area (Å²) < 4.78 is 13.5. The van der Waals surface area contributed by atoms with Crippen LogP contribution in [0.5, 0.6) is 0 Å². The lowest BCUT2D eigenvalue weighted by Gasteiger charge is -2.37. The second-order valence-corrected chi connectivity index (χ2v) is 6.96. The second-order valence-electron chi connectivity index (χ2n) is 6.96. The number of anilines is 1. The molecule has 0 aliphatic rings. The second kappa shape index (κ2) is 6.08. The van der Waals surface area contributed by atoms with Gasteiger partial charge in [0.1, 0.15) is 11.6 Å². The highest BCUT2D eigenvalue weighted by Crippen LogP contribution is 2.26. The minimum Gasteiger partial charge on any atom is -0.354 e. The standard InChI is InChI=1S/C16H28FN3/c1-8-16(5,6)20(7)14-12(9-13(17)11-18-14)10-19-15(2,3)4/h9,11,19H,8,10H2,1-7H3. The minimum absolute atomic E-state index is 0.0115. The summed E-state index contributed by atoms with van der Waals surface area (Å²) in [5.74, 6) is 0.553. The van der Waals surface area contributed by atoms with E-state index in [0.29, 0.717) is 6.54 Å². The summed E-state index contributed by atoms with van der Waals surface area (Å²) in [6.07, 6.45) is 2.28. The predicted octanol–water partition coefficient (Wildman–Crippen LogP) is 3.73. The molecule has 0 unspecified atom stereocenters. The van der Waals surface area contributed by atoms with E-state index in [1.54, 1.807) is 6.07 Å². The van der Waals surface area contributed by atoms with Gasteiger partial charge in [-0.1, -0.05) is 6.92 Å². The SMILES string of the molecule is CCC(C)(C)N(C)c1ncc(F)cc1CNC(C)(C)C. The average molecular weight is 281 g/mol. The Labute approximate surface area is 122 Å². The number of aromatic nitrogens is 1. The molecule has 1 aromatic rings. The van der Waals surface area contributed by atoms with Crippen LogP contribution in [0.15, 0.2) is 12.3 Å². The third-order valence-corrected chi connectivity index (χ3v) is 3.81. The molecule has 0 aliphatic carbocycles. The average Bonchev–Trinajstić information content (AvgIpc) is 2.35. The fraction of sp³-hybridized carbons (Fsp3) is 0.688. The fourth-order valence-corrected chi connectivity index (χ4v) is 1.79. The molecule has 0 aliphatic heterocycles. The molecule has 20 heavy (non-hydrogen) atoms. The maximum atomic E-state index is 13.5. The number of hydrogen-bond acceptors (Lipinski definition) is 3. The van der Waals surface area contributed by atoms with Crippen molar-refractivity contribution in [2.75, 3.05) is 11.9 Å². The molecule has 0 spiro atoms. The molecule has 3 nitrogen and oxygen atoms in total. The highest BCUT2D eigenvalue weighted by Gasteiger charge is 2.25. The maximum Gasteiger partial charge on any atom is 0.141 e.